The van der Waals surface area contributed by atoms with Crippen LogP contribution in [0.4, 0.5) is 5.69 Å². The van der Waals surface area contributed by atoms with Gasteiger partial charge in [-0.1, -0.05) is 17.7 Å². The Bertz CT molecular complexity index is 599. The Morgan fingerprint density at radius 1 is 0.900 bits per heavy atom. The minimum atomic E-state index is -0.359. The fourth-order valence-corrected chi connectivity index (χ4v) is 1.75. The molecule has 0 aromatic heterocycles. The molecule has 4 heteroatoms. The van der Waals surface area contributed by atoms with E-state index in [0.29, 0.717) is 5.56 Å². The maximum absolute atomic E-state index is 10.7. The third kappa shape index (κ3) is 4.19. The van der Waals surface area contributed by atoms with Crippen LogP contribution < -0.4 is 0 Å². The van der Waals surface area contributed by atoms with Crippen molar-refractivity contribution < 1.29 is 22.0 Å². The number of nitro groups is 1. The van der Waals surface area contributed by atoms with Crippen molar-refractivity contribution in [1.82, 2.24) is 0 Å². The van der Waals surface area contributed by atoms with Crippen LogP contribution in [-0.2, 0) is 17.1 Å². The third-order valence-corrected chi connectivity index (χ3v) is 2.63. The van der Waals surface area contributed by atoms with Gasteiger partial charge in [0.2, 0.25) is 5.69 Å². The fourth-order valence-electron chi connectivity index (χ4n) is 1.75. The summed E-state index contributed by atoms with van der Waals surface area (Å²) in [6.45, 7) is 0. The van der Waals surface area contributed by atoms with Crippen LogP contribution in [0.2, 0.25) is 0 Å². The minimum absolute atomic E-state index is 0. The van der Waals surface area contributed by atoms with Crippen LogP contribution in [0.3, 0.4) is 0 Å². The van der Waals surface area contributed by atoms with Gasteiger partial charge in [0.1, 0.15) is 0 Å². The van der Waals surface area contributed by atoms with Crippen LogP contribution in [0.1, 0.15) is 0 Å². The van der Waals surface area contributed by atoms with E-state index in [1.807, 2.05) is 54.6 Å². The van der Waals surface area contributed by atoms with Gasteiger partial charge in [0, 0.05) is 22.0 Å². The number of benzene rings is 1. The number of nitrogens with zero attached hydrogens (tertiary/aromatic N) is 1. The van der Waals surface area contributed by atoms with E-state index in [1.54, 1.807) is 18.2 Å². The molecular formula is C16H13FeNO2-6. The summed E-state index contributed by atoms with van der Waals surface area (Å²) in [5.41, 5.74) is 1.71. The van der Waals surface area contributed by atoms with Gasteiger partial charge in [-0.3, -0.25) is 10.1 Å². The number of nitro benzene ring substituents is 1. The Morgan fingerprint density at radius 2 is 1.40 bits per heavy atom. The van der Waals surface area contributed by atoms with Crippen LogP contribution in [0, 0.1) is 10.1 Å². The van der Waals surface area contributed by atoms with Crippen molar-refractivity contribution in [2.45, 2.75) is 0 Å². The van der Waals surface area contributed by atoms with E-state index in [9.17, 15) is 10.1 Å². The van der Waals surface area contributed by atoms with Crippen molar-refractivity contribution in [1.29, 1.82) is 0 Å². The summed E-state index contributed by atoms with van der Waals surface area (Å²) in [5, 5.41) is 10.7. The third-order valence-electron chi connectivity index (χ3n) is 2.63. The molecular weight excluding hydrogens is 294 g/mol. The molecule has 0 saturated carbocycles. The van der Waals surface area contributed by atoms with Crippen molar-refractivity contribution >= 4 is 5.69 Å². The van der Waals surface area contributed by atoms with Crippen LogP contribution in [0.5, 0.6) is 0 Å². The second kappa shape index (κ2) is 8.10. The Kier molecular flexibility index (Phi) is 6.44. The van der Waals surface area contributed by atoms with E-state index in [1.165, 1.54) is 6.07 Å². The predicted octanol–water partition coefficient (Wildman–Crippen LogP) is 4.38. The first-order valence-corrected chi connectivity index (χ1v) is 5.91. The molecule has 3 nitrogen and oxygen atoms in total. The molecule has 0 radical (unpaired) electrons. The molecule has 20 heavy (non-hydrogen) atoms. The van der Waals surface area contributed by atoms with Gasteiger partial charge in [-0.05, 0) is 11.6 Å². The van der Waals surface area contributed by atoms with Gasteiger partial charge in [0.05, 0.1) is 0 Å². The zero-order valence-electron chi connectivity index (χ0n) is 10.6. The summed E-state index contributed by atoms with van der Waals surface area (Å²) in [7, 11) is 0. The standard InChI is InChI=1S/C11H8NO2.C5H5.Fe/c13-12(14)11-8-4-3-7-10(11)9-5-1-2-6-9;1-2-4-5-3-1;/h1-8H;1-5H;/q-1;-5;. The van der Waals surface area contributed by atoms with Gasteiger partial charge < -0.3 is 30.3 Å². The summed E-state index contributed by atoms with van der Waals surface area (Å²) in [6, 6.07) is 24.2. The van der Waals surface area contributed by atoms with Gasteiger partial charge in [-0.25, -0.2) is 0 Å². The first-order valence-electron chi connectivity index (χ1n) is 5.91. The van der Waals surface area contributed by atoms with Crippen molar-refractivity contribution in [3.63, 3.8) is 0 Å². The molecule has 0 amide bonds. The van der Waals surface area contributed by atoms with Crippen LogP contribution in [0.25, 0.3) is 11.1 Å². The molecule has 108 valence electrons. The molecule has 0 N–H and O–H groups in total. The molecule has 3 rings (SSSR count). The number of rotatable bonds is 2. The van der Waals surface area contributed by atoms with E-state index in [4.69, 9.17) is 0 Å². The average molecular weight is 307 g/mol. The van der Waals surface area contributed by atoms with E-state index >= 15 is 0 Å². The van der Waals surface area contributed by atoms with Crippen molar-refractivity contribution in [2.24, 2.45) is 0 Å². The molecule has 0 spiro atoms. The Hall–Kier alpha value is -2.16. The van der Waals surface area contributed by atoms with Crippen molar-refractivity contribution in [3.05, 3.63) is 89.0 Å². The van der Waals surface area contributed by atoms with E-state index in [-0.39, 0.29) is 27.7 Å². The van der Waals surface area contributed by atoms with Crippen LogP contribution >= 0.6 is 0 Å². The van der Waals surface area contributed by atoms with Crippen LogP contribution in [0.15, 0.2) is 78.9 Å². The molecule has 0 atom stereocenters. The number of hydrogen-bond donors (Lipinski definition) is 0. The second-order valence-corrected chi connectivity index (χ2v) is 3.91. The van der Waals surface area contributed by atoms with Gasteiger partial charge in [0.25, 0.3) is 0 Å². The van der Waals surface area contributed by atoms with Crippen molar-refractivity contribution in [3.8, 4) is 11.1 Å². The monoisotopic (exact) mass is 307 g/mol. The van der Waals surface area contributed by atoms with Crippen LogP contribution in [-0.4, -0.2) is 4.92 Å². The van der Waals surface area contributed by atoms with Gasteiger partial charge in [-0.2, -0.15) is 12.1 Å². The minimum Gasteiger partial charge on any atom is -0.748 e. The molecule has 0 saturated heterocycles. The quantitative estimate of drug-likeness (QED) is 0.305. The molecule has 0 aliphatic carbocycles. The Morgan fingerprint density at radius 3 is 1.90 bits per heavy atom. The Balaban J connectivity index is 0.000000283. The zero-order chi connectivity index (χ0) is 13.5. The Labute approximate surface area is 128 Å². The first kappa shape index (κ1) is 15.9. The van der Waals surface area contributed by atoms with Crippen molar-refractivity contribution in [2.75, 3.05) is 0 Å². The van der Waals surface area contributed by atoms with Gasteiger partial charge in [0.15, 0.2) is 0 Å². The molecule has 3 aromatic rings. The van der Waals surface area contributed by atoms with E-state index in [0.717, 1.165) is 5.56 Å². The summed E-state index contributed by atoms with van der Waals surface area (Å²) < 4.78 is 0. The number of hydrogen-bond acceptors (Lipinski definition) is 2. The van der Waals surface area contributed by atoms with E-state index in [2.05, 4.69) is 0 Å². The smallest absolute Gasteiger partial charge is 0.214 e. The molecule has 0 aliphatic heterocycles. The summed E-state index contributed by atoms with van der Waals surface area (Å²) in [6.07, 6.45) is 0. The van der Waals surface area contributed by atoms with Gasteiger partial charge >= 0.3 is 0 Å². The average Bonchev–Trinajstić information content (AvgIpc) is 3.14. The maximum Gasteiger partial charge on any atom is 0.214 e. The molecule has 3 aromatic carbocycles. The van der Waals surface area contributed by atoms with E-state index < -0.39 is 0 Å². The molecule has 0 aliphatic rings. The summed E-state index contributed by atoms with van der Waals surface area (Å²) in [5.74, 6) is 0. The zero-order valence-corrected chi connectivity index (χ0v) is 11.7. The summed E-state index contributed by atoms with van der Waals surface area (Å²) in [4.78, 5) is 10.4. The maximum atomic E-state index is 10.7. The largest absolute Gasteiger partial charge is 0.748 e. The predicted molar refractivity (Wildman–Crippen MR) is 76.2 cm³/mol. The normalized spacial score (nSPS) is 9.00. The van der Waals surface area contributed by atoms with Gasteiger partial charge in [-0.15, -0.1) is 18.2 Å². The first-order chi connectivity index (χ1) is 9.29. The second-order valence-electron chi connectivity index (χ2n) is 3.91. The summed E-state index contributed by atoms with van der Waals surface area (Å²) >= 11 is 0. The molecule has 0 fully saturated rings. The topological polar surface area (TPSA) is 43.1 Å². The fraction of sp³-hybridized carbons (Fsp3) is 0. The molecule has 0 unspecified atom stereocenters. The number of para-hydroxylation sites is 1. The molecule has 0 heterocycles. The molecule has 0 bridgehead atoms. The SMILES string of the molecule is O=[N+]([O-])c1ccccc1-[c-]1cccc1.[Fe].[cH-]1[cH-][cH-][cH-][cH-]1.